The van der Waals surface area contributed by atoms with Gasteiger partial charge >= 0.3 is 5.97 Å². The molecule has 0 bridgehead atoms. The molecule has 0 aromatic heterocycles. The highest BCUT2D eigenvalue weighted by Gasteiger charge is 2.26. The van der Waals surface area contributed by atoms with E-state index in [1.807, 2.05) is 26.0 Å². The monoisotopic (exact) mass is 318 g/mol. The summed E-state index contributed by atoms with van der Waals surface area (Å²) in [7, 11) is 0. The van der Waals surface area contributed by atoms with Gasteiger partial charge in [-0.3, -0.25) is 14.5 Å². The number of nitrogens with one attached hydrogen (secondary N) is 1. The van der Waals surface area contributed by atoms with Gasteiger partial charge in [0, 0.05) is 0 Å². The van der Waals surface area contributed by atoms with Crippen LogP contribution in [0.15, 0.2) is 12.1 Å². The Bertz CT molecular complexity index is 584. The highest BCUT2D eigenvalue weighted by Crippen LogP contribution is 2.32. The van der Waals surface area contributed by atoms with Crippen molar-refractivity contribution in [2.75, 3.05) is 29.9 Å². The Balaban J connectivity index is 1.98. The molecule has 0 fully saturated rings. The van der Waals surface area contributed by atoms with Crippen LogP contribution in [0.25, 0.3) is 0 Å². The average molecular weight is 318 g/mol. The Morgan fingerprint density at radius 3 is 2.70 bits per heavy atom. The number of hydrogen-bond donors (Lipinski definition) is 1. The first kappa shape index (κ1) is 17.3. The van der Waals surface area contributed by atoms with Crippen LogP contribution in [0.1, 0.15) is 43.7 Å². The van der Waals surface area contributed by atoms with Gasteiger partial charge in [0.2, 0.25) is 5.91 Å². The average Bonchev–Trinajstić information content (AvgIpc) is 2.52. The fraction of sp³-hybridized carbons (Fsp3) is 0.556. The van der Waals surface area contributed by atoms with Crippen molar-refractivity contribution in [3.63, 3.8) is 0 Å². The fourth-order valence-corrected chi connectivity index (χ4v) is 2.63. The molecule has 0 spiro atoms. The first-order chi connectivity index (χ1) is 11.0. The molecule has 0 unspecified atom stereocenters. The number of ether oxygens (including phenoxy) is 1. The molecule has 5 heteroatoms. The number of benzene rings is 1. The van der Waals surface area contributed by atoms with E-state index in [-0.39, 0.29) is 25.0 Å². The summed E-state index contributed by atoms with van der Waals surface area (Å²) < 4.78 is 5.26. The van der Waals surface area contributed by atoms with E-state index in [0.717, 1.165) is 48.2 Å². The SMILES string of the molecule is CCCCCCOC(=O)CN1C(=O)CNc2cc(C)c(C)cc21. The summed E-state index contributed by atoms with van der Waals surface area (Å²) in [6.45, 7) is 6.78. The summed E-state index contributed by atoms with van der Waals surface area (Å²) in [6, 6.07) is 3.96. The molecule has 5 nitrogen and oxygen atoms in total. The van der Waals surface area contributed by atoms with Crippen LogP contribution in [-0.4, -0.2) is 31.6 Å². The van der Waals surface area contributed by atoms with E-state index in [4.69, 9.17) is 4.74 Å². The highest BCUT2D eigenvalue weighted by molar-refractivity contribution is 6.05. The van der Waals surface area contributed by atoms with Crippen LogP contribution in [0.2, 0.25) is 0 Å². The van der Waals surface area contributed by atoms with Gasteiger partial charge in [-0.15, -0.1) is 0 Å². The molecule has 0 saturated heterocycles. The summed E-state index contributed by atoms with van der Waals surface area (Å²) in [5.41, 5.74) is 3.90. The maximum Gasteiger partial charge on any atom is 0.326 e. The lowest BCUT2D eigenvalue weighted by Crippen LogP contribution is -2.43. The lowest BCUT2D eigenvalue weighted by Gasteiger charge is -2.30. The number of nitrogens with zero attached hydrogens (tertiary/aromatic N) is 1. The number of fused-ring (bicyclic) bond motifs is 1. The van der Waals surface area contributed by atoms with Gasteiger partial charge in [-0.2, -0.15) is 0 Å². The normalized spacial score (nSPS) is 13.5. The van der Waals surface area contributed by atoms with Crippen molar-refractivity contribution in [1.82, 2.24) is 0 Å². The summed E-state index contributed by atoms with van der Waals surface area (Å²) in [4.78, 5) is 25.7. The van der Waals surface area contributed by atoms with Gasteiger partial charge in [-0.1, -0.05) is 26.2 Å². The number of amides is 1. The maximum absolute atomic E-state index is 12.2. The summed E-state index contributed by atoms with van der Waals surface area (Å²) in [5.74, 6) is -0.454. The molecule has 126 valence electrons. The minimum absolute atomic E-state index is 0.0240. The first-order valence-electron chi connectivity index (χ1n) is 8.34. The molecule has 0 aliphatic carbocycles. The standard InChI is InChI=1S/C18H26N2O3/c1-4-5-6-7-8-23-18(22)12-20-16-10-14(3)13(2)9-15(16)19-11-17(20)21/h9-10,19H,4-8,11-12H2,1-3H3. The largest absolute Gasteiger partial charge is 0.464 e. The molecular formula is C18H26N2O3. The van der Waals surface area contributed by atoms with Crippen molar-refractivity contribution in [3.05, 3.63) is 23.3 Å². The molecule has 23 heavy (non-hydrogen) atoms. The Kier molecular flexibility index (Phi) is 6.02. The molecule has 1 aromatic carbocycles. The van der Waals surface area contributed by atoms with Gasteiger partial charge in [-0.05, 0) is 43.5 Å². The lowest BCUT2D eigenvalue weighted by molar-refractivity contribution is -0.143. The topological polar surface area (TPSA) is 58.6 Å². The summed E-state index contributed by atoms with van der Waals surface area (Å²) >= 11 is 0. The lowest BCUT2D eigenvalue weighted by atomic mass is 10.1. The molecule has 1 aliphatic rings. The molecular weight excluding hydrogens is 292 g/mol. The number of unbranched alkanes of at least 4 members (excludes halogenated alkanes) is 3. The zero-order valence-electron chi connectivity index (χ0n) is 14.3. The Hall–Kier alpha value is -2.04. The number of carbonyl (C=O) groups excluding carboxylic acids is 2. The highest BCUT2D eigenvalue weighted by atomic mass is 16.5. The molecule has 1 amide bonds. The van der Waals surface area contributed by atoms with E-state index in [0.29, 0.717) is 6.61 Å². The summed E-state index contributed by atoms with van der Waals surface area (Å²) in [6.07, 6.45) is 4.25. The van der Waals surface area contributed by atoms with E-state index in [1.54, 1.807) is 0 Å². The third kappa shape index (κ3) is 4.47. The fourth-order valence-electron chi connectivity index (χ4n) is 2.63. The van der Waals surface area contributed by atoms with Gasteiger partial charge in [0.1, 0.15) is 6.54 Å². The number of rotatable bonds is 7. The van der Waals surface area contributed by atoms with Crippen LogP contribution in [0.3, 0.4) is 0 Å². The minimum Gasteiger partial charge on any atom is -0.464 e. The van der Waals surface area contributed by atoms with Crippen LogP contribution in [0.5, 0.6) is 0 Å². The van der Waals surface area contributed by atoms with Gasteiger partial charge < -0.3 is 10.1 Å². The predicted octanol–water partition coefficient (Wildman–Crippen LogP) is 3.19. The third-order valence-electron chi connectivity index (χ3n) is 4.18. The summed E-state index contributed by atoms with van der Waals surface area (Å²) in [5, 5.41) is 3.11. The van der Waals surface area contributed by atoms with Crippen LogP contribution in [-0.2, 0) is 14.3 Å². The van der Waals surface area contributed by atoms with Crippen molar-refractivity contribution in [3.8, 4) is 0 Å². The number of esters is 1. The number of aryl methyl sites for hydroxylation is 2. The van der Waals surface area contributed by atoms with Crippen molar-refractivity contribution in [1.29, 1.82) is 0 Å². The zero-order valence-corrected chi connectivity index (χ0v) is 14.3. The number of hydrogen-bond acceptors (Lipinski definition) is 4. The van der Waals surface area contributed by atoms with Crippen molar-refractivity contribution in [2.45, 2.75) is 46.5 Å². The second-order valence-corrected chi connectivity index (χ2v) is 6.07. The van der Waals surface area contributed by atoms with E-state index >= 15 is 0 Å². The molecule has 0 radical (unpaired) electrons. The number of anilines is 2. The number of carbonyl (C=O) groups is 2. The van der Waals surface area contributed by atoms with E-state index in [2.05, 4.69) is 12.2 Å². The zero-order chi connectivity index (χ0) is 16.8. The second kappa shape index (κ2) is 7.99. The van der Waals surface area contributed by atoms with Crippen LogP contribution in [0, 0.1) is 13.8 Å². The smallest absolute Gasteiger partial charge is 0.326 e. The maximum atomic E-state index is 12.2. The molecule has 2 rings (SSSR count). The van der Waals surface area contributed by atoms with E-state index in [1.165, 1.54) is 4.90 Å². The molecule has 1 N–H and O–H groups in total. The van der Waals surface area contributed by atoms with Crippen LogP contribution in [0.4, 0.5) is 11.4 Å². The molecule has 1 aromatic rings. The van der Waals surface area contributed by atoms with Crippen molar-refractivity contribution >= 4 is 23.3 Å². The van der Waals surface area contributed by atoms with Crippen molar-refractivity contribution in [2.24, 2.45) is 0 Å². The molecule has 0 saturated carbocycles. The van der Waals surface area contributed by atoms with Gasteiger partial charge in [0.25, 0.3) is 0 Å². The van der Waals surface area contributed by atoms with Crippen LogP contribution < -0.4 is 10.2 Å². The van der Waals surface area contributed by atoms with Crippen LogP contribution >= 0.6 is 0 Å². The predicted molar refractivity (Wildman–Crippen MR) is 91.9 cm³/mol. The molecule has 0 atom stereocenters. The quantitative estimate of drug-likeness (QED) is 0.619. The van der Waals surface area contributed by atoms with E-state index < -0.39 is 0 Å². The Morgan fingerprint density at radius 2 is 1.96 bits per heavy atom. The third-order valence-corrected chi connectivity index (χ3v) is 4.18. The Morgan fingerprint density at radius 1 is 1.22 bits per heavy atom. The first-order valence-corrected chi connectivity index (χ1v) is 8.34. The van der Waals surface area contributed by atoms with Gasteiger partial charge in [0.15, 0.2) is 0 Å². The minimum atomic E-state index is -0.346. The van der Waals surface area contributed by atoms with Gasteiger partial charge in [-0.25, -0.2) is 0 Å². The second-order valence-electron chi connectivity index (χ2n) is 6.07. The van der Waals surface area contributed by atoms with Gasteiger partial charge in [0.05, 0.1) is 24.5 Å². The Labute approximate surface area is 138 Å². The molecule has 1 aliphatic heterocycles. The molecule has 1 heterocycles. The van der Waals surface area contributed by atoms with Crippen molar-refractivity contribution < 1.29 is 14.3 Å². The van der Waals surface area contributed by atoms with E-state index in [9.17, 15) is 9.59 Å².